The molecule has 5 nitrogen and oxygen atoms in total. The Kier molecular flexibility index (Phi) is 2.94. The smallest absolute Gasteiger partial charge is 0.323 e. The number of pyridine rings is 1. The first-order chi connectivity index (χ1) is 12.3. The minimum Gasteiger partial charge on any atom is -0.422 e. The van der Waals surface area contributed by atoms with Crippen molar-refractivity contribution in [1.29, 1.82) is 0 Å². The van der Waals surface area contributed by atoms with Gasteiger partial charge in [0.2, 0.25) is 0 Å². The van der Waals surface area contributed by atoms with Gasteiger partial charge >= 0.3 is 6.01 Å². The van der Waals surface area contributed by atoms with Crippen molar-refractivity contribution < 1.29 is 4.42 Å². The van der Waals surface area contributed by atoms with Crippen molar-refractivity contribution >= 4 is 22.0 Å². The van der Waals surface area contributed by atoms with E-state index in [1.54, 1.807) is 10.9 Å². The molecule has 0 spiro atoms. The zero-order chi connectivity index (χ0) is 16.8. The van der Waals surface area contributed by atoms with Gasteiger partial charge in [0.1, 0.15) is 5.52 Å². The first-order valence-electron chi connectivity index (χ1n) is 8.05. The summed E-state index contributed by atoms with van der Waals surface area (Å²) < 4.78 is 7.41. The highest BCUT2D eigenvalue weighted by Gasteiger charge is 2.11. The molecule has 3 aromatic heterocycles. The standard InChI is InChI=1S/C20H14N4O/c1-13-10-18(22-16-7-3-2-6-15(13)16)14-11-21-24(12-14)20-23-17-8-4-5-9-19(17)25-20/h2-12H,1H3. The van der Waals surface area contributed by atoms with Crippen molar-refractivity contribution in [1.82, 2.24) is 19.7 Å². The molecule has 0 radical (unpaired) electrons. The van der Waals surface area contributed by atoms with E-state index in [0.717, 1.165) is 33.3 Å². The molecule has 0 aliphatic heterocycles. The Hall–Kier alpha value is -3.47. The van der Waals surface area contributed by atoms with E-state index in [2.05, 4.69) is 29.1 Å². The normalized spacial score (nSPS) is 11.4. The maximum Gasteiger partial charge on any atom is 0.323 e. The summed E-state index contributed by atoms with van der Waals surface area (Å²) in [6.07, 6.45) is 3.67. The third-order valence-electron chi connectivity index (χ3n) is 4.28. The summed E-state index contributed by atoms with van der Waals surface area (Å²) in [6.45, 7) is 2.10. The quantitative estimate of drug-likeness (QED) is 0.478. The molecule has 5 heteroatoms. The molecule has 0 fully saturated rings. The molecule has 0 aliphatic carbocycles. The molecule has 0 saturated carbocycles. The van der Waals surface area contributed by atoms with Crippen LogP contribution in [0.3, 0.4) is 0 Å². The maximum absolute atomic E-state index is 5.77. The zero-order valence-electron chi connectivity index (χ0n) is 13.5. The summed E-state index contributed by atoms with van der Waals surface area (Å²) in [6, 6.07) is 18.3. The number of aromatic nitrogens is 4. The maximum atomic E-state index is 5.77. The first-order valence-corrected chi connectivity index (χ1v) is 8.05. The Bertz CT molecular complexity index is 1190. The van der Waals surface area contributed by atoms with Crippen molar-refractivity contribution in [3.8, 4) is 17.3 Å². The fourth-order valence-corrected chi connectivity index (χ4v) is 3.02. The molecule has 0 atom stereocenters. The van der Waals surface area contributed by atoms with Crippen molar-refractivity contribution in [2.24, 2.45) is 0 Å². The van der Waals surface area contributed by atoms with Crippen LogP contribution in [0.2, 0.25) is 0 Å². The lowest BCUT2D eigenvalue weighted by Crippen LogP contribution is -1.93. The van der Waals surface area contributed by atoms with Crippen molar-refractivity contribution in [3.05, 3.63) is 72.6 Å². The Labute approximate surface area is 143 Å². The molecule has 25 heavy (non-hydrogen) atoms. The van der Waals surface area contributed by atoms with E-state index in [9.17, 15) is 0 Å². The topological polar surface area (TPSA) is 56.7 Å². The lowest BCUT2D eigenvalue weighted by Gasteiger charge is -2.04. The SMILES string of the molecule is Cc1cc(-c2cnn(-c3nc4ccccc4o3)c2)nc2ccccc12. The number of aryl methyl sites for hydroxylation is 1. The molecular formula is C20H14N4O. The number of nitrogens with zero attached hydrogens (tertiary/aromatic N) is 4. The van der Waals surface area contributed by atoms with Crippen LogP contribution < -0.4 is 0 Å². The predicted molar refractivity (Wildman–Crippen MR) is 96.6 cm³/mol. The van der Waals surface area contributed by atoms with Gasteiger partial charge in [0.25, 0.3) is 0 Å². The van der Waals surface area contributed by atoms with Gasteiger partial charge in [-0.05, 0) is 36.8 Å². The van der Waals surface area contributed by atoms with E-state index in [1.807, 2.05) is 48.7 Å². The zero-order valence-corrected chi connectivity index (χ0v) is 13.5. The fourth-order valence-electron chi connectivity index (χ4n) is 3.02. The predicted octanol–water partition coefficient (Wildman–Crippen LogP) is 4.54. The van der Waals surface area contributed by atoms with Crippen LogP contribution >= 0.6 is 0 Å². The fraction of sp³-hybridized carbons (Fsp3) is 0.0500. The second-order valence-corrected chi connectivity index (χ2v) is 5.98. The van der Waals surface area contributed by atoms with Gasteiger partial charge in [-0.2, -0.15) is 14.8 Å². The average molecular weight is 326 g/mol. The number of para-hydroxylation sites is 3. The van der Waals surface area contributed by atoms with E-state index in [1.165, 1.54) is 5.56 Å². The second-order valence-electron chi connectivity index (χ2n) is 5.98. The highest BCUT2D eigenvalue weighted by Crippen LogP contribution is 2.25. The van der Waals surface area contributed by atoms with Gasteiger partial charge in [-0.1, -0.05) is 30.3 Å². The van der Waals surface area contributed by atoms with Crippen molar-refractivity contribution in [3.63, 3.8) is 0 Å². The van der Waals surface area contributed by atoms with Crippen molar-refractivity contribution in [2.45, 2.75) is 6.92 Å². The van der Waals surface area contributed by atoms with Crippen LogP contribution in [0.1, 0.15) is 5.56 Å². The van der Waals surface area contributed by atoms with Crippen LogP contribution in [-0.4, -0.2) is 19.7 Å². The molecule has 0 amide bonds. The average Bonchev–Trinajstić information content (AvgIpc) is 3.28. The van der Waals surface area contributed by atoms with E-state index < -0.39 is 0 Å². The van der Waals surface area contributed by atoms with Gasteiger partial charge < -0.3 is 4.42 Å². The summed E-state index contributed by atoms with van der Waals surface area (Å²) in [7, 11) is 0. The van der Waals surface area contributed by atoms with Crippen LogP contribution in [-0.2, 0) is 0 Å². The number of benzene rings is 2. The third kappa shape index (κ3) is 2.29. The Morgan fingerprint density at radius 1 is 0.920 bits per heavy atom. The molecular weight excluding hydrogens is 312 g/mol. The monoisotopic (exact) mass is 326 g/mol. The highest BCUT2D eigenvalue weighted by atomic mass is 16.4. The molecule has 0 N–H and O–H groups in total. The first kappa shape index (κ1) is 13.9. The van der Waals surface area contributed by atoms with Gasteiger partial charge in [-0.15, -0.1) is 0 Å². The summed E-state index contributed by atoms with van der Waals surface area (Å²) >= 11 is 0. The van der Waals surface area contributed by atoms with Crippen molar-refractivity contribution in [2.75, 3.05) is 0 Å². The molecule has 2 aromatic carbocycles. The molecule has 0 bridgehead atoms. The summed E-state index contributed by atoms with van der Waals surface area (Å²) in [5.41, 5.74) is 5.54. The highest BCUT2D eigenvalue weighted by molar-refractivity contribution is 5.84. The summed E-state index contributed by atoms with van der Waals surface area (Å²) in [5, 5.41) is 5.55. The number of fused-ring (bicyclic) bond motifs is 2. The van der Waals surface area contributed by atoms with Gasteiger partial charge in [0, 0.05) is 17.1 Å². The van der Waals surface area contributed by atoms with E-state index >= 15 is 0 Å². The Morgan fingerprint density at radius 2 is 1.72 bits per heavy atom. The largest absolute Gasteiger partial charge is 0.422 e. The van der Waals surface area contributed by atoms with Crippen LogP contribution in [0.15, 0.2) is 71.4 Å². The number of hydrogen-bond acceptors (Lipinski definition) is 4. The summed E-state index contributed by atoms with van der Waals surface area (Å²) in [5.74, 6) is 0. The molecule has 3 heterocycles. The Morgan fingerprint density at radius 3 is 2.60 bits per heavy atom. The molecule has 5 rings (SSSR count). The molecule has 0 unspecified atom stereocenters. The number of oxazole rings is 1. The number of rotatable bonds is 2. The molecule has 120 valence electrons. The number of hydrogen-bond donors (Lipinski definition) is 0. The van der Waals surface area contributed by atoms with Crippen LogP contribution in [0.4, 0.5) is 0 Å². The summed E-state index contributed by atoms with van der Waals surface area (Å²) in [4.78, 5) is 9.22. The Balaban J connectivity index is 1.60. The van der Waals surface area contributed by atoms with E-state index in [-0.39, 0.29) is 0 Å². The molecule has 0 saturated heterocycles. The van der Waals surface area contributed by atoms with Gasteiger partial charge in [-0.3, -0.25) is 0 Å². The van der Waals surface area contributed by atoms with Gasteiger partial charge in [0.05, 0.1) is 17.4 Å². The minimum absolute atomic E-state index is 0.449. The lowest BCUT2D eigenvalue weighted by atomic mass is 10.1. The minimum atomic E-state index is 0.449. The van der Waals surface area contributed by atoms with Crippen LogP contribution in [0, 0.1) is 6.92 Å². The van der Waals surface area contributed by atoms with Crippen LogP contribution in [0.5, 0.6) is 0 Å². The van der Waals surface area contributed by atoms with Crippen LogP contribution in [0.25, 0.3) is 39.3 Å². The second kappa shape index (κ2) is 5.27. The molecule has 5 aromatic rings. The van der Waals surface area contributed by atoms with Gasteiger partial charge in [0.15, 0.2) is 5.58 Å². The van der Waals surface area contributed by atoms with E-state index in [0.29, 0.717) is 6.01 Å². The van der Waals surface area contributed by atoms with Gasteiger partial charge in [-0.25, -0.2) is 4.98 Å². The lowest BCUT2D eigenvalue weighted by molar-refractivity contribution is 0.543. The third-order valence-corrected chi connectivity index (χ3v) is 4.28. The molecule has 0 aliphatic rings. The van der Waals surface area contributed by atoms with E-state index in [4.69, 9.17) is 9.40 Å².